The normalized spacial score (nSPS) is 24.9. The summed E-state index contributed by atoms with van der Waals surface area (Å²) in [5, 5.41) is 3.39. The molecule has 0 aromatic rings. The average molecular weight is 303 g/mol. The van der Waals surface area contributed by atoms with Crippen LogP contribution in [0.2, 0.25) is 0 Å². The zero-order chi connectivity index (χ0) is 13.5. The van der Waals surface area contributed by atoms with E-state index >= 15 is 0 Å². The summed E-state index contributed by atoms with van der Waals surface area (Å²) in [6, 6.07) is 0. The molecular formula is C16H31ClN2O. The molecule has 4 heteroatoms. The Morgan fingerprint density at radius 1 is 1.10 bits per heavy atom. The number of carbonyl (C=O) groups excluding carboxylic acids is 1. The van der Waals surface area contributed by atoms with Crippen LogP contribution in [0.15, 0.2) is 0 Å². The summed E-state index contributed by atoms with van der Waals surface area (Å²) in [7, 11) is 0. The number of likely N-dealkylation sites (tertiary alicyclic amines) is 1. The molecular weight excluding hydrogens is 272 g/mol. The second-order valence-corrected chi connectivity index (χ2v) is 6.32. The van der Waals surface area contributed by atoms with E-state index in [1.807, 2.05) is 0 Å². The molecule has 3 nitrogen and oxygen atoms in total. The summed E-state index contributed by atoms with van der Waals surface area (Å²) >= 11 is 0. The van der Waals surface area contributed by atoms with Gasteiger partial charge in [0.05, 0.1) is 0 Å². The summed E-state index contributed by atoms with van der Waals surface area (Å²) < 4.78 is 0. The zero-order valence-corrected chi connectivity index (χ0v) is 13.7. The van der Waals surface area contributed by atoms with Gasteiger partial charge in [0.15, 0.2) is 0 Å². The van der Waals surface area contributed by atoms with Gasteiger partial charge in [0.2, 0.25) is 5.91 Å². The molecule has 2 heterocycles. The van der Waals surface area contributed by atoms with Crippen LogP contribution < -0.4 is 5.32 Å². The Labute approximate surface area is 130 Å². The van der Waals surface area contributed by atoms with Crippen LogP contribution >= 0.6 is 12.4 Å². The summed E-state index contributed by atoms with van der Waals surface area (Å²) in [4.78, 5) is 14.4. The average Bonchev–Trinajstić information content (AvgIpc) is 2.71. The Balaban J connectivity index is 0.00000200. The lowest BCUT2D eigenvalue weighted by Gasteiger charge is -2.25. The lowest BCUT2D eigenvalue weighted by Crippen LogP contribution is -2.33. The monoisotopic (exact) mass is 302 g/mol. The fraction of sp³-hybridized carbons (Fsp3) is 0.938. The van der Waals surface area contributed by atoms with Gasteiger partial charge in [-0.1, -0.05) is 13.3 Å². The summed E-state index contributed by atoms with van der Waals surface area (Å²) in [5.74, 6) is 2.04. The van der Waals surface area contributed by atoms with Gasteiger partial charge in [-0.15, -0.1) is 12.4 Å². The summed E-state index contributed by atoms with van der Waals surface area (Å²) in [6.07, 6.45) is 9.41. The van der Waals surface area contributed by atoms with Gasteiger partial charge in [0.1, 0.15) is 0 Å². The molecule has 0 radical (unpaired) electrons. The number of nitrogens with zero attached hydrogens (tertiary/aromatic N) is 1. The molecule has 2 fully saturated rings. The predicted molar refractivity (Wildman–Crippen MR) is 86.3 cm³/mol. The van der Waals surface area contributed by atoms with Crippen molar-refractivity contribution < 1.29 is 4.79 Å². The molecule has 2 aliphatic heterocycles. The Kier molecular flexibility index (Phi) is 8.55. The molecule has 0 bridgehead atoms. The molecule has 0 spiro atoms. The third-order valence-corrected chi connectivity index (χ3v) is 5.00. The van der Waals surface area contributed by atoms with E-state index in [2.05, 4.69) is 17.1 Å². The molecule has 118 valence electrons. The minimum atomic E-state index is 0. The number of rotatable bonds is 4. The standard InChI is InChI=1S/C16H30N2O.ClH/c1-2-14-4-3-12-18(13-9-14)16(19)6-5-15-7-10-17-11-8-15;/h14-15,17H,2-13H2,1H3;1H. The predicted octanol–water partition coefficient (Wildman–Crippen LogP) is 3.23. The van der Waals surface area contributed by atoms with Crippen LogP contribution in [-0.2, 0) is 4.79 Å². The lowest BCUT2D eigenvalue weighted by atomic mass is 9.93. The molecule has 1 atom stereocenters. The lowest BCUT2D eigenvalue weighted by molar-refractivity contribution is -0.131. The van der Waals surface area contributed by atoms with Crippen LogP contribution in [0.4, 0.5) is 0 Å². The van der Waals surface area contributed by atoms with E-state index in [4.69, 9.17) is 0 Å². The molecule has 0 aromatic heterocycles. The van der Waals surface area contributed by atoms with Crippen molar-refractivity contribution in [3.63, 3.8) is 0 Å². The first-order valence-electron chi connectivity index (χ1n) is 8.28. The number of hydrogen-bond acceptors (Lipinski definition) is 2. The molecule has 2 saturated heterocycles. The smallest absolute Gasteiger partial charge is 0.222 e. The van der Waals surface area contributed by atoms with E-state index in [0.29, 0.717) is 5.91 Å². The van der Waals surface area contributed by atoms with E-state index in [9.17, 15) is 4.79 Å². The van der Waals surface area contributed by atoms with Gasteiger partial charge in [-0.25, -0.2) is 0 Å². The number of hydrogen-bond donors (Lipinski definition) is 1. The number of carbonyl (C=O) groups is 1. The van der Waals surface area contributed by atoms with E-state index in [1.165, 1.54) is 38.5 Å². The molecule has 1 unspecified atom stereocenters. The number of amides is 1. The maximum atomic E-state index is 12.3. The van der Waals surface area contributed by atoms with Gasteiger partial charge < -0.3 is 10.2 Å². The topological polar surface area (TPSA) is 32.3 Å². The molecule has 1 amide bonds. The van der Waals surface area contributed by atoms with Gasteiger partial charge in [-0.2, -0.15) is 0 Å². The van der Waals surface area contributed by atoms with Crippen LogP contribution in [0.3, 0.4) is 0 Å². The van der Waals surface area contributed by atoms with Gasteiger partial charge in [-0.05, 0) is 63.5 Å². The van der Waals surface area contributed by atoms with Crippen LogP contribution in [0, 0.1) is 11.8 Å². The molecule has 0 aliphatic carbocycles. The highest BCUT2D eigenvalue weighted by molar-refractivity contribution is 5.85. The van der Waals surface area contributed by atoms with Crippen LogP contribution in [0.1, 0.15) is 58.3 Å². The van der Waals surface area contributed by atoms with E-state index < -0.39 is 0 Å². The zero-order valence-electron chi connectivity index (χ0n) is 12.9. The van der Waals surface area contributed by atoms with Gasteiger partial charge in [0, 0.05) is 19.5 Å². The largest absolute Gasteiger partial charge is 0.343 e. The van der Waals surface area contributed by atoms with Crippen molar-refractivity contribution in [2.24, 2.45) is 11.8 Å². The molecule has 2 rings (SSSR count). The second-order valence-electron chi connectivity index (χ2n) is 6.32. The van der Waals surface area contributed by atoms with Crippen molar-refractivity contribution in [1.82, 2.24) is 10.2 Å². The van der Waals surface area contributed by atoms with E-state index in [0.717, 1.165) is 50.9 Å². The Bertz CT molecular complexity index is 280. The van der Waals surface area contributed by atoms with E-state index in [1.54, 1.807) is 0 Å². The van der Waals surface area contributed by atoms with Crippen LogP contribution in [0.5, 0.6) is 0 Å². The molecule has 0 aromatic carbocycles. The van der Waals surface area contributed by atoms with Crippen molar-refractivity contribution in [2.75, 3.05) is 26.2 Å². The van der Waals surface area contributed by atoms with Gasteiger partial charge in [0.25, 0.3) is 0 Å². The Morgan fingerprint density at radius 3 is 2.55 bits per heavy atom. The fourth-order valence-electron chi connectivity index (χ4n) is 3.48. The Morgan fingerprint density at radius 2 is 1.85 bits per heavy atom. The first-order chi connectivity index (χ1) is 9.29. The van der Waals surface area contributed by atoms with Crippen molar-refractivity contribution in [2.45, 2.75) is 58.3 Å². The minimum absolute atomic E-state index is 0. The summed E-state index contributed by atoms with van der Waals surface area (Å²) in [6.45, 7) is 6.56. The molecule has 2 aliphatic rings. The minimum Gasteiger partial charge on any atom is -0.343 e. The maximum Gasteiger partial charge on any atom is 0.222 e. The van der Waals surface area contributed by atoms with Crippen molar-refractivity contribution in [1.29, 1.82) is 0 Å². The van der Waals surface area contributed by atoms with Gasteiger partial charge in [-0.3, -0.25) is 4.79 Å². The quantitative estimate of drug-likeness (QED) is 0.865. The highest BCUT2D eigenvalue weighted by Crippen LogP contribution is 2.22. The molecule has 20 heavy (non-hydrogen) atoms. The maximum absolute atomic E-state index is 12.3. The molecule has 0 saturated carbocycles. The highest BCUT2D eigenvalue weighted by atomic mass is 35.5. The van der Waals surface area contributed by atoms with Crippen LogP contribution in [0.25, 0.3) is 0 Å². The summed E-state index contributed by atoms with van der Waals surface area (Å²) in [5.41, 5.74) is 0. The van der Waals surface area contributed by atoms with Crippen molar-refractivity contribution in [3.05, 3.63) is 0 Å². The third-order valence-electron chi connectivity index (χ3n) is 5.00. The van der Waals surface area contributed by atoms with Gasteiger partial charge >= 0.3 is 0 Å². The highest BCUT2D eigenvalue weighted by Gasteiger charge is 2.21. The first kappa shape index (κ1) is 17.8. The number of piperidine rings is 1. The van der Waals surface area contributed by atoms with Crippen molar-refractivity contribution >= 4 is 18.3 Å². The number of halogens is 1. The second kappa shape index (κ2) is 9.62. The fourth-order valence-corrected chi connectivity index (χ4v) is 3.48. The number of nitrogens with one attached hydrogen (secondary N) is 1. The first-order valence-corrected chi connectivity index (χ1v) is 8.28. The third kappa shape index (κ3) is 5.61. The van der Waals surface area contributed by atoms with E-state index in [-0.39, 0.29) is 12.4 Å². The Hall–Kier alpha value is -0.280. The molecule has 1 N–H and O–H groups in total. The van der Waals surface area contributed by atoms with Crippen molar-refractivity contribution in [3.8, 4) is 0 Å². The SMILES string of the molecule is CCC1CCCN(C(=O)CCC2CCNCC2)CC1.Cl. The van der Waals surface area contributed by atoms with Crippen LogP contribution in [-0.4, -0.2) is 37.0 Å².